The first-order chi connectivity index (χ1) is 12.7. The van der Waals surface area contributed by atoms with Crippen molar-refractivity contribution in [2.24, 2.45) is 5.92 Å². The molecule has 8 heteroatoms. The third kappa shape index (κ3) is 8.91. The molecule has 2 unspecified atom stereocenters. The summed E-state index contributed by atoms with van der Waals surface area (Å²) in [6.45, 7) is 15.0. The first-order valence-electron chi connectivity index (χ1n) is 9.99. The van der Waals surface area contributed by atoms with Crippen molar-refractivity contribution in [3.05, 3.63) is 0 Å². The number of hydrogen-bond donors (Lipinski definition) is 2. The Morgan fingerprint density at radius 1 is 1.18 bits per heavy atom. The number of nitrogens with zero attached hydrogens (tertiary/aromatic N) is 2. The third-order valence-corrected chi connectivity index (χ3v) is 4.44. The second kappa shape index (κ2) is 9.58. The van der Waals surface area contributed by atoms with Crippen molar-refractivity contribution in [1.82, 2.24) is 20.4 Å². The van der Waals surface area contributed by atoms with E-state index in [1.54, 1.807) is 18.9 Å². The average Bonchev–Trinajstić information content (AvgIpc) is 2.50. The Hall–Kier alpha value is -1.83. The second-order valence-electron chi connectivity index (χ2n) is 9.73. The number of carbonyl (C=O) groups is 3. The molecule has 0 aromatic carbocycles. The predicted octanol–water partition coefficient (Wildman–Crippen LogP) is 2.58. The van der Waals surface area contributed by atoms with E-state index in [1.165, 1.54) is 0 Å². The summed E-state index contributed by atoms with van der Waals surface area (Å²) < 4.78 is 5.40. The number of imide groups is 1. The number of piperidine rings is 1. The van der Waals surface area contributed by atoms with Crippen LogP contribution < -0.4 is 10.6 Å². The van der Waals surface area contributed by atoms with Crippen LogP contribution in [0.1, 0.15) is 61.3 Å². The number of nitrogens with one attached hydrogen (secondary N) is 2. The Morgan fingerprint density at radius 3 is 2.32 bits per heavy atom. The average molecular weight is 399 g/mol. The van der Waals surface area contributed by atoms with Crippen molar-refractivity contribution in [1.29, 1.82) is 0 Å². The zero-order valence-electron chi connectivity index (χ0n) is 18.7. The molecule has 2 N–H and O–H groups in total. The fraction of sp³-hybridized carbons (Fsp3) is 0.850. The Morgan fingerprint density at radius 2 is 1.79 bits per heavy atom. The van der Waals surface area contributed by atoms with Gasteiger partial charge in [-0.15, -0.1) is 0 Å². The van der Waals surface area contributed by atoms with Gasteiger partial charge in [0.1, 0.15) is 5.60 Å². The minimum atomic E-state index is -0.524. The molecule has 0 radical (unpaired) electrons. The third-order valence-electron chi connectivity index (χ3n) is 4.44. The summed E-state index contributed by atoms with van der Waals surface area (Å²) in [4.78, 5) is 40.2. The number of amides is 4. The fourth-order valence-corrected chi connectivity index (χ4v) is 3.15. The number of rotatable bonds is 4. The molecular weight excluding hydrogens is 360 g/mol. The molecule has 1 aliphatic heterocycles. The van der Waals surface area contributed by atoms with Gasteiger partial charge < -0.3 is 15.0 Å². The van der Waals surface area contributed by atoms with Gasteiger partial charge in [-0.05, 0) is 73.8 Å². The van der Waals surface area contributed by atoms with Crippen LogP contribution in [0.25, 0.3) is 0 Å². The van der Waals surface area contributed by atoms with Crippen LogP contribution in [0.4, 0.5) is 9.59 Å². The lowest BCUT2D eigenvalue weighted by atomic mass is 9.96. The number of urea groups is 1. The lowest BCUT2D eigenvalue weighted by Gasteiger charge is -2.37. The molecule has 0 saturated carbocycles. The summed E-state index contributed by atoms with van der Waals surface area (Å²) in [5.41, 5.74) is -0.930. The quantitative estimate of drug-likeness (QED) is 0.759. The van der Waals surface area contributed by atoms with Crippen LogP contribution in [0.3, 0.4) is 0 Å². The Kier molecular flexibility index (Phi) is 8.29. The normalized spacial score (nSPS) is 19.5. The van der Waals surface area contributed by atoms with E-state index in [0.29, 0.717) is 13.1 Å². The van der Waals surface area contributed by atoms with Crippen molar-refractivity contribution in [2.75, 3.05) is 26.7 Å². The summed E-state index contributed by atoms with van der Waals surface area (Å²) in [5, 5.41) is 5.14. The maximum Gasteiger partial charge on any atom is 0.410 e. The molecule has 0 aliphatic carbocycles. The molecule has 1 rings (SSSR count). The van der Waals surface area contributed by atoms with Crippen molar-refractivity contribution < 1.29 is 19.1 Å². The van der Waals surface area contributed by atoms with Gasteiger partial charge in [-0.2, -0.15) is 0 Å². The number of likely N-dealkylation sites (tertiary alicyclic amines) is 1. The first kappa shape index (κ1) is 24.2. The van der Waals surface area contributed by atoms with Crippen molar-refractivity contribution >= 4 is 18.0 Å². The van der Waals surface area contributed by atoms with Gasteiger partial charge in [-0.1, -0.05) is 0 Å². The van der Waals surface area contributed by atoms with Crippen molar-refractivity contribution in [3.63, 3.8) is 0 Å². The van der Waals surface area contributed by atoms with Crippen LogP contribution in [-0.2, 0) is 9.53 Å². The first-order valence-corrected chi connectivity index (χ1v) is 9.99. The van der Waals surface area contributed by atoms with Gasteiger partial charge in [0.05, 0.1) is 6.04 Å². The summed E-state index contributed by atoms with van der Waals surface area (Å²) >= 11 is 0. The summed E-state index contributed by atoms with van der Waals surface area (Å²) in [6.07, 6.45) is 1.59. The van der Waals surface area contributed by atoms with E-state index in [0.717, 1.165) is 19.4 Å². The number of ether oxygens (including phenoxy) is 1. The van der Waals surface area contributed by atoms with Gasteiger partial charge in [-0.3, -0.25) is 15.0 Å². The molecule has 2 atom stereocenters. The van der Waals surface area contributed by atoms with E-state index in [4.69, 9.17) is 4.74 Å². The smallest absolute Gasteiger partial charge is 0.410 e. The highest BCUT2D eigenvalue weighted by atomic mass is 16.6. The van der Waals surface area contributed by atoms with E-state index in [-0.39, 0.29) is 17.9 Å². The van der Waals surface area contributed by atoms with Crippen LogP contribution in [0.5, 0.6) is 0 Å². The molecule has 0 aromatic heterocycles. The zero-order valence-corrected chi connectivity index (χ0v) is 18.7. The summed E-state index contributed by atoms with van der Waals surface area (Å²) in [7, 11) is 1.74. The van der Waals surface area contributed by atoms with Crippen molar-refractivity contribution in [2.45, 2.75) is 78.5 Å². The van der Waals surface area contributed by atoms with Gasteiger partial charge in [0.15, 0.2) is 0 Å². The maximum absolute atomic E-state index is 12.4. The fourth-order valence-electron chi connectivity index (χ4n) is 3.15. The van der Waals surface area contributed by atoms with E-state index in [9.17, 15) is 14.4 Å². The molecule has 0 aromatic rings. The van der Waals surface area contributed by atoms with Crippen LogP contribution >= 0.6 is 0 Å². The molecule has 1 fully saturated rings. The summed E-state index contributed by atoms with van der Waals surface area (Å²) in [5.74, 6) is -0.0622. The lowest BCUT2D eigenvalue weighted by Crippen LogP contribution is -2.55. The van der Waals surface area contributed by atoms with E-state index < -0.39 is 23.2 Å². The highest BCUT2D eigenvalue weighted by Gasteiger charge is 2.30. The highest BCUT2D eigenvalue weighted by Crippen LogP contribution is 2.20. The monoisotopic (exact) mass is 398 g/mol. The van der Waals surface area contributed by atoms with Gasteiger partial charge >= 0.3 is 12.1 Å². The minimum Gasteiger partial charge on any atom is -0.444 e. The van der Waals surface area contributed by atoms with Crippen molar-refractivity contribution in [3.8, 4) is 0 Å². The summed E-state index contributed by atoms with van der Waals surface area (Å²) in [6, 6.07) is -0.900. The number of hydrogen-bond acceptors (Lipinski definition) is 5. The molecule has 0 bridgehead atoms. The topological polar surface area (TPSA) is 91.0 Å². The van der Waals surface area contributed by atoms with Gasteiger partial charge in [0.2, 0.25) is 5.91 Å². The standard InChI is InChI=1S/C20H38N4O4/c1-14(16(25)21-17(26)22-19(2,3)4)24-11-9-10-15(13-24)12-23(8)18(27)28-20(5,6)7/h14-15H,9-13H2,1-8H3,(H2,21,22,25,26). The van der Waals surface area contributed by atoms with Crippen LogP contribution in [0, 0.1) is 5.92 Å². The molecule has 1 saturated heterocycles. The van der Waals surface area contributed by atoms with Crippen LogP contribution in [0.2, 0.25) is 0 Å². The number of carbonyl (C=O) groups excluding carboxylic acids is 3. The Labute approximate surface area is 169 Å². The molecule has 28 heavy (non-hydrogen) atoms. The zero-order chi connectivity index (χ0) is 21.7. The van der Waals surface area contributed by atoms with Gasteiger partial charge in [0, 0.05) is 25.7 Å². The van der Waals surface area contributed by atoms with Crippen LogP contribution in [-0.4, -0.2) is 71.7 Å². The molecule has 0 spiro atoms. The van der Waals surface area contributed by atoms with E-state index in [2.05, 4.69) is 15.5 Å². The molecule has 162 valence electrons. The molecule has 1 heterocycles. The van der Waals surface area contributed by atoms with E-state index >= 15 is 0 Å². The lowest BCUT2D eigenvalue weighted by molar-refractivity contribution is -0.125. The molecular formula is C20H38N4O4. The minimum absolute atomic E-state index is 0.255. The molecule has 4 amide bonds. The largest absolute Gasteiger partial charge is 0.444 e. The second-order valence-corrected chi connectivity index (χ2v) is 9.73. The molecule has 8 nitrogen and oxygen atoms in total. The maximum atomic E-state index is 12.4. The Balaban J connectivity index is 2.56. The highest BCUT2D eigenvalue weighted by molar-refractivity contribution is 5.97. The van der Waals surface area contributed by atoms with Gasteiger partial charge in [0.25, 0.3) is 0 Å². The molecule has 1 aliphatic rings. The van der Waals surface area contributed by atoms with E-state index in [1.807, 2.05) is 41.5 Å². The Bertz CT molecular complexity index is 566. The predicted molar refractivity (Wildman–Crippen MR) is 109 cm³/mol. The van der Waals surface area contributed by atoms with Gasteiger partial charge in [-0.25, -0.2) is 9.59 Å². The van der Waals surface area contributed by atoms with Crippen LogP contribution in [0.15, 0.2) is 0 Å². The SMILES string of the molecule is CC(C(=O)NC(=O)NC(C)(C)C)N1CCCC(CN(C)C(=O)OC(C)(C)C)C1.